The maximum absolute atomic E-state index is 12.9. The summed E-state index contributed by atoms with van der Waals surface area (Å²) in [5.74, 6) is -1.93. The number of carboxylic acid groups (broad SMARTS) is 1. The number of rotatable bonds is 3. The Labute approximate surface area is 99.8 Å². The molecular weight excluding hydrogens is 245 g/mol. The molecule has 0 saturated carbocycles. The second-order valence-corrected chi connectivity index (χ2v) is 3.90. The van der Waals surface area contributed by atoms with Crippen molar-refractivity contribution in [1.82, 2.24) is 15.0 Å². The lowest BCUT2D eigenvalue weighted by molar-refractivity contribution is 0.0691. The number of halogens is 1. The molecule has 2 aromatic rings. The van der Waals surface area contributed by atoms with Gasteiger partial charge in [-0.15, -0.1) is 0 Å². The van der Waals surface area contributed by atoms with Gasteiger partial charge in [-0.05, 0) is 23.9 Å². The van der Waals surface area contributed by atoms with Gasteiger partial charge < -0.3 is 5.11 Å². The van der Waals surface area contributed by atoms with Gasteiger partial charge in [0.1, 0.15) is 10.8 Å². The van der Waals surface area contributed by atoms with Crippen molar-refractivity contribution < 1.29 is 14.3 Å². The van der Waals surface area contributed by atoms with Gasteiger partial charge >= 0.3 is 5.97 Å². The molecule has 2 aromatic heterocycles. The van der Waals surface area contributed by atoms with E-state index in [0.29, 0.717) is 5.16 Å². The Bertz CT molecular complexity index is 551. The van der Waals surface area contributed by atoms with Gasteiger partial charge in [0.2, 0.25) is 0 Å². The number of hydrogen-bond donors (Lipinski definition) is 1. The van der Waals surface area contributed by atoms with Crippen LogP contribution in [-0.2, 0) is 0 Å². The van der Waals surface area contributed by atoms with Gasteiger partial charge in [-0.25, -0.2) is 24.1 Å². The Morgan fingerprint density at radius 1 is 1.29 bits per heavy atom. The molecular formula is C10H6FN3O2S. The summed E-state index contributed by atoms with van der Waals surface area (Å²) in [6.45, 7) is 0. The summed E-state index contributed by atoms with van der Waals surface area (Å²) in [5, 5.41) is 9.42. The third-order valence-corrected chi connectivity index (χ3v) is 2.69. The average molecular weight is 251 g/mol. The minimum Gasteiger partial charge on any atom is -0.478 e. The van der Waals surface area contributed by atoms with E-state index in [1.807, 2.05) is 0 Å². The van der Waals surface area contributed by atoms with E-state index in [1.54, 1.807) is 6.07 Å². The zero-order valence-corrected chi connectivity index (χ0v) is 9.19. The van der Waals surface area contributed by atoms with Gasteiger partial charge in [-0.2, -0.15) is 0 Å². The third-order valence-electron chi connectivity index (χ3n) is 1.78. The largest absolute Gasteiger partial charge is 0.478 e. The molecule has 1 N–H and O–H groups in total. The smallest absolute Gasteiger partial charge is 0.338 e. The SMILES string of the molecule is O=C(O)c1cc(F)cnc1Sc1ncccn1. The van der Waals surface area contributed by atoms with Crippen molar-refractivity contribution in [3.8, 4) is 0 Å². The molecule has 7 heteroatoms. The minimum absolute atomic E-state index is 0.158. The van der Waals surface area contributed by atoms with Crippen LogP contribution in [0, 0.1) is 5.82 Å². The molecule has 0 amide bonds. The lowest BCUT2D eigenvalue weighted by Crippen LogP contribution is -2.02. The van der Waals surface area contributed by atoms with Crippen LogP contribution < -0.4 is 0 Å². The average Bonchev–Trinajstić information content (AvgIpc) is 2.32. The highest BCUT2D eigenvalue weighted by Crippen LogP contribution is 2.25. The summed E-state index contributed by atoms with van der Waals surface area (Å²) in [6, 6.07) is 2.56. The monoisotopic (exact) mass is 251 g/mol. The van der Waals surface area contributed by atoms with Crippen molar-refractivity contribution in [1.29, 1.82) is 0 Å². The van der Waals surface area contributed by atoms with Crippen molar-refractivity contribution in [3.05, 3.63) is 42.1 Å². The van der Waals surface area contributed by atoms with E-state index in [0.717, 1.165) is 24.0 Å². The number of hydrogen-bond acceptors (Lipinski definition) is 5. The highest BCUT2D eigenvalue weighted by atomic mass is 32.2. The fourth-order valence-electron chi connectivity index (χ4n) is 1.09. The fraction of sp³-hybridized carbons (Fsp3) is 0. The van der Waals surface area contributed by atoms with Gasteiger partial charge in [0.05, 0.1) is 11.8 Å². The van der Waals surface area contributed by atoms with Crippen LogP contribution in [-0.4, -0.2) is 26.0 Å². The van der Waals surface area contributed by atoms with Crippen molar-refractivity contribution in [2.24, 2.45) is 0 Å². The topological polar surface area (TPSA) is 76.0 Å². The number of carbonyl (C=O) groups is 1. The van der Waals surface area contributed by atoms with E-state index in [2.05, 4.69) is 15.0 Å². The zero-order chi connectivity index (χ0) is 12.3. The maximum atomic E-state index is 12.9. The van der Waals surface area contributed by atoms with Gasteiger partial charge in [0.15, 0.2) is 5.16 Å². The first-order chi connectivity index (χ1) is 8.16. The molecule has 0 saturated heterocycles. The molecule has 0 aromatic carbocycles. The highest BCUT2D eigenvalue weighted by Gasteiger charge is 2.14. The van der Waals surface area contributed by atoms with Crippen molar-refractivity contribution >= 4 is 17.7 Å². The van der Waals surface area contributed by atoms with E-state index >= 15 is 0 Å². The Morgan fingerprint density at radius 3 is 2.65 bits per heavy atom. The van der Waals surface area contributed by atoms with Crippen LogP contribution in [0.2, 0.25) is 0 Å². The summed E-state index contributed by atoms with van der Waals surface area (Å²) in [7, 11) is 0. The predicted octanol–water partition coefficient (Wildman–Crippen LogP) is 1.86. The van der Waals surface area contributed by atoms with Crippen LogP contribution in [0.15, 0.2) is 40.9 Å². The lowest BCUT2D eigenvalue weighted by Gasteiger charge is -2.02. The molecule has 0 unspecified atom stereocenters. The molecule has 0 aliphatic rings. The predicted molar refractivity (Wildman–Crippen MR) is 57.3 cm³/mol. The van der Waals surface area contributed by atoms with Crippen molar-refractivity contribution in [2.75, 3.05) is 0 Å². The summed E-state index contributed by atoms with van der Waals surface area (Å²) < 4.78 is 12.9. The first-order valence-corrected chi connectivity index (χ1v) is 5.32. The van der Waals surface area contributed by atoms with Crippen LogP contribution >= 0.6 is 11.8 Å². The first-order valence-electron chi connectivity index (χ1n) is 4.50. The molecule has 0 spiro atoms. The van der Waals surface area contributed by atoms with E-state index in [-0.39, 0.29) is 10.6 Å². The van der Waals surface area contributed by atoms with Gasteiger partial charge in [0, 0.05) is 12.4 Å². The number of carboxylic acids is 1. The zero-order valence-electron chi connectivity index (χ0n) is 8.37. The molecule has 2 rings (SSSR count). The molecule has 86 valence electrons. The Kier molecular flexibility index (Phi) is 3.29. The van der Waals surface area contributed by atoms with E-state index in [4.69, 9.17) is 5.11 Å². The number of aromatic nitrogens is 3. The van der Waals surface area contributed by atoms with Gasteiger partial charge in [0.25, 0.3) is 0 Å². The number of pyridine rings is 1. The Morgan fingerprint density at radius 2 is 2.00 bits per heavy atom. The Balaban J connectivity index is 2.36. The molecule has 0 fully saturated rings. The van der Waals surface area contributed by atoms with Crippen molar-refractivity contribution in [2.45, 2.75) is 10.2 Å². The molecule has 0 aliphatic carbocycles. The molecule has 5 nitrogen and oxygen atoms in total. The molecule has 2 heterocycles. The normalized spacial score (nSPS) is 10.2. The lowest BCUT2D eigenvalue weighted by atomic mass is 10.3. The second kappa shape index (κ2) is 4.88. The summed E-state index contributed by atoms with van der Waals surface area (Å²) >= 11 is 0.970. The van der Waals surface area contributed by atoms with Crippen LogP contribution in [0.3, 0.4) is 0 Å². The molecule has 0 bridgehead atoms. The molecule has 0 radical (unpaired) electrons. The van der Waals surface area contributed by atoms with Crippen LogP contribution in [0.4, 0.5) is 4.39 Å². The van der Waals surface area contributed by atoms with Crippen LogP contribution in [0.1, 0.15) is 10.4 Å². The highest BCUT2D eigenvalue weighted by molar-refractivity contribution is 7.99. The number of aromatic carboxylic acids is 1. The third kappa shape index (κ3) is 2.76. The van der Waals surface area contributed by atoms with Crippen molar-refractivity contribution in [3.63, 3.8) is 0 Å². The minimum atomic E-state index is -1.24. The second-order valence-electron chi connectivity index (χ2n) is 2.94. The number of nitrogens with zero attached hydrogens (tertiary/aromatic N) is 3. The molecule has 0 aliphatic heterocycles. The van der Waals surface area contributed by atoms with Gasteiger partial charge in [-0.1, -0.05) is 0 Å². The summed E-state index contributed by atoms with van der Waals surface area (Å²) in [5.41, 5.74) is -0.206. The van der Waals surface area contributed by atoms with E-state index in [9.17, 15) is 9.18 Å². The standard InChI is InChI=1S/C10H6FN3O2S/c11-6-4-7(9(15)16)8(14-5-6)17-10-12-2-1-3-13-10/h1-5H,(H,15,16). The molecule has 0 atom stereocenters. The summed E-state index contributed by atoms with van der Waals surface area (Å²) in [4.78, 5) is 22.5. The summed E-state index contributed by atoms with van der Waals surface area (Å²) in [6.07, 6.45) is 4.01. The van der Waals surface area contributed by atoms with E-state index < -0.39 is 11.8 Å². The fourth-order valence-corrected chi connectivity index (χ4v) is 1.85. The quantitative estimate of drug-likeness (QED) is 0.839. The first kappa shape index (κ1) is 11.5. The Hall–Kier alpha value is -2.02. The van der Waals surface area contributed by atoms with E-state index in [1.165, 1.54) is 12.4 Å². The van der Waals surface area contributed by atoms with Crippen LogP contribution in [0.5, 0.6) is 0 Å². The van der Waals surface area contributed by atoms with Gasteiger partial charge in [-0.3, -0.25) is 0 Å². The molecule has 17 heavy (non-hydrogen) atoms. The van der Waals surface area contributed by atoms with Crippen LogP contribution in [0.25, 0.3) is 0 Å². The maximum Gasteiger partial charge on any atom is 0.338 e.